The lowest BCUT2D eigenvalue weighted by Gasteiger charge is -2.33. The van der Waals surface area contributed by atoms with Gasteiger partial charge in [-0.3, -0.25) is 4.79 Å². The van der Waals surface area contributed by atoms with E-state index in [4.69, 9.17) is 9.47 Å². The largest absolute Gasteiger partial charge is 0.350 e. The zero-order chi connectivity index (χ0) is 17.1. The maximum absolute atomic E-state index is 12.6. The topological polar surface area (TPSA) is 51.7 Å². The first-order valence-corrected chi connectivity index (χ1v) is 9.68. The van der Waals surface area contributed by atoms with Gasteiger partial charge in [0.1, 0.15) is 5.01 Å². The van der Waals surface area contributed by atoms with Crippen molar-refractivity contribution in [2.45, 2.75) is 25.6 Å². The van der Waals surface area contributed by atoms with Gasteiger partial charge in [-0.2, -0.15) is 0 Å². The highest BCUT2D eigenvalue weighted by Gasteiger charge is 2.31. The Bertz CT molecular complexity index is 704. The minimum Gasteiger partial charge on any atom is -0.350 e. The number of hydrogen-bond acceptors (Lipinski definition) is 5. The molecule has 0 aliphatic carbocycles. The van der Waals surface area contributed by atoms with E-state index in [1.807, 2.05) is 40.6 Å². The quantitative estimate of drug-likeness (QED) is 0.843. The monoisotopic (exact) mass is 358 g/mol. The fourth-order valence-electron chi connectivity index (χ4n) is 3.44. The molecule has 0 saturated carbocycles. The van der Waals surface area contributed by atoms with Crippen LogP contribution < -0.4 is 0 Å². The molecule has 3 heterocycles. The second kappa shape index (κ2) is 7.64. The van der Waals surface area contributed by atoms with Crippen molar-refractivity contribution in [1.82, 2.24) is 9.88 Å². The lowest BCUT2D eigenvalue weighted by Crippen LogP contribution is -2.42. The Morgan fingerprint density at radius 1 is 1.16 bits per heavy atom. The van der Waals surface area contributed by atoms with Crippen LogP contribution in [0.2, 0.25) is 0 Å². The molecule has 5 nitrogen and oxygen atoms in total. The summed E-state index contributed by atoms with van der Waals surface area (Å²) in [6, 6.07) is 10.1. The summed E-state index contributed by atoms with van der Waals surface area (Å²) < 4.78 is 11.2. The zero-order valence-electron chi connectivity index (χ0n) is 14.1. The van der Waals surface area contributed by atoms with E-state index in [1.54, 1.807) is 11.3 Å². The van der Waals surface area contributed by atoms with Crippen molar-refractivity contribution in [2.24, 2.45) is 5.92 Å². The molecule has 0 N–H and O–H groups in total. The summed E-state index contributed by atoms with van der Waals surface area (Å²) in [5.74, 6) is 0.576. The fraction of sp³-hybridized carbons (Fsp3) is 0.474. The first-order chi connectivity index (χ1) is 12.3. The zero-order valence-corrected chi connectivity index (χ0v) is 14.9. The number of ether oxygens (including phenoxy) is 2. The van der Waals surface area contributed by atoms with Crippen molar-refractivity contribution in [3.63, 3.8) is 0 Å². The van der Waals surface area contributed by atoms with Gasteiger partial charge in [0.05, 0.1) is 25.3 Å². The van der Waals surface area contributed by atoms with Crippen LogP contribution >= 0.6 is 11.3 Å². The van der Waals surface area contributed by atoms with Crippen LogP contribution in [0.15, 0.2) is 35.7 Å². The number of aromatic nitrogens is 1. The van der Waals surface area contributed by atoms with Gasteiger partial charge in [-0.1, -0.05) is 30.3 Å². The van der Waals surface area contributed by atoms with Crippen LogP contribution in [0.5, 0.6) is 0 Å². The first-order valence-electron chi connectivity index (χ1n) is 8.80. The highest BCUT2D eigenvalue weighted by molar-refractivity contribution is 7.13. The minimum absolute atomic E-state index is 0.0655. The molecular weight excluding hydrogens is 336 g/mol. The van der Waals surface area contributed by atoms with Gasteiger partial charge in [0.2, 0.25) is 5.91 Å². The molecule has 1 amide bonds. The van der Waals surface area contributed by atoms with E-state index in [0.29, 0.717) is 25.6 Å². The van der Waals surface area contributed by atoms with E-state index in [1.165, 1.54) is 0 Å². The van der Waals surface area contributed by atoms with Crippen LogP contribution in [-0.4, -0.2) is 48.4 Å². The normalized spacial score (nSPS) is 19.4. The van der Waals surface area contributed by atoms with E-state index in [0.717, 1.165) is 42.2 Å². The van der Waals surface area contributed by atoms with Gasteiger partial charge in [0.25, 0.3) is 0 Å². The van der Waals surface area contributed by atoms with Crippen LogP contribution in [0, 0.1) is 5.92 Å². The fourth-order valence-corrected chi connectivity index (χ4v) is 4.26. The van der Waals surface area contributed by atoms with Gasteiger partial charge in [-0.15, -0.1) is 11.3 Å². The molecule has 2 aromatic rings. The third kappa shape index (κ3) is 3.92. The lowest BCUT2D eigenvalue weighted by atomic mass is 9.96. The molecule has 4 rings (SSSR count). The number of rotatable bonds is 4. The lowest BCUT2D eigenvalue weighted by molar-refractivity contribution is -0.136. The van der Waals surface area contributed by atoms with Crippen LogP contribution in [0.25, 0.3) is 10.6 Å². The van der Waals surface area contributed by atoms with Gasteiger partial charge in [0, 0.05) is 30.0 Å². The maximum Gasteiger partial charge on any atom is 0.228 e. The highest BCUT2D eigenvalue weighted by atomic mass is 32.1. The van der Waals surface area contributed by atoms with E-state index >= 15 is 0 Å². The number of carbonyl (C=O) groups is 1. The van der Waals surface area contributed by atoms with Gasteiger partial charge < -0.3 is 14.4 Å². The molecule has 25 heavy (non-hydrogen) atoms. The summed E-state index contributed by atoms with van der Waals surface area (Å²) in [5, 5.41) is 2.96. The standard InChI is InChI=1S/C19H22N2O3S/c22-17(21-8-6-15(7-9-21)19-23-10-11-24-19)12-16-13-25-18(20-16)14-4-2-1-3-5-14/h1-5,13,15,19H,6-12H2. The second-order valence-corrected chi connectivity index (χ2v) is 7.37. The Balaban J connectivity index is 1.31. The third-order valence-electron chi connectivity index (χ3n) is 4.83. The van der Waals surface area contributed by atoms with Gasteiger partial charge in [-0.25, -0.2) is 4.98 Å². The molecule has 1 aromatic carbocycles. The number of likely N-dealkylation sites (tertiary alicyclic amines) is 1. The van der Waals surface area contributed by atoms with Crippen molar-refractivity contribution in [3.8, 4) is 10.6 Å². The number of benzene rings is 1. The molecule has 0 spiro atoms. The van der Waals surface area contributed by atoms with Crippen molar-refractivity contribution < 1.29 is 14.3 Å². The molecule has 0 unspecified atom stereocenters. The molecule has 2 aliphatic rings. The number of nitrogens with zero attached hydrogens (tertiary/aromatic N) is 2. The van der Waals surface area contributed by atoms with E-state index in [-0.39, 0.29) is 12.2 Å². The number of thiazole rings is 1. The SMILES string of the molecule is O=C(Cc1csc(-c2ccccc2)n1)N1CCC(C2OCCO2)CC1. The molecule has 6 heteroatoms. The van der Waals surface area contributed by atoms with E-state index < -0.39 is 0 Å². The van der Waals surface area contributed by atoms with Crippen LogP contribution in [0.4, 0.5) is 0 Å². The highest BCUT2D eigenvalue weighted by Crippen LogP contribution is 2.27. The van der Waals surface area contributed by atoms with E-state index in [9.17, 15) is 4.79 Å². The summed E-state index contributed by atoms with van der Waals surface area (Å²) in [6.45, 7) is 2.94. The molecule has 0 bridgehead atoms. The van der Waals surface area contributed by atoms with Crippen LogP contribution in [0.1, 0.15) is 18.5 Å². The Kier molecular flexibility index (Phi) is 5.10. The first kappa shape index (κ1) is 16.7. The predicted octanol–water partition coefficient (Wildman–Crippen LogP) is 2.96. The van der Waals surface area contributed by atoms with Gasteiger partial charge in [0.15, 0.2) is 6.29 Å². The molecule has 2 fully saturated rings. The van der Waals surface area contributed by atoms with E-state index in [2.05, 4.69) is 4.98 Å². The Morgan fingerprint density at radius 3 is 2.60 bits per heavy atom. The van der Waals surface area contributed by atoms with Crippen LogP contribution in [-0.2, 0) is 20.7 Å². The third-order valence-corrected chi connectivity index (χ3v) is 5.77. The van der Waals surface area contributed by atoms with Crippen molar-refractivity contribution in [3.05, 3.63) is 41.4 Å². The smallest absolute Gasteiger partial charge is 0.228 e. The molecule has 1 aromatic heterocycles. The number of carbonyl (C=O) groups excluding carboxylic acids is 1. The van der Waals surface area contributed by atoms with Gasteiger partial charge in [-0.05, 0) is 12.8 Å². The summed E-state index contributed by atoms with van der Waals surface area (Å²) in [6.07, 6.45) is 2.21. The average molecular weight is 358 g/mol. The van der Waals surface area contributed by atoms with Gasteiger partial charge >= 0.3 is 0 Å². The predicted molar refractivity (Wildman–Crippen MR) is 96.3 cm³/mol. The van der Waals surface area contributed by atoms with Crippen LogP contribution in [0.3, 0.4) is 0 Å². The number of amides is 1. The van der Waals surface area contributed by atoms with Crippen molar-refractivity contribution in [1.29, 1.82) is 0 Å². The molecule has 2 saturated heterocycles. The summed E-state index contributed by atoms with van der Waals surface area (Å²) in [5.41, 5.74) is 1.96. The molecule has 0 radical (unpaired) electrons. The van der Waals surface area contributed by atoms with Crippen molar-refractivity contribution in [2.75, 3.05) is 26.3 Å². The molecule has 132 valence electrons. The molecule has 2 aliphatic heterocycles. The number of piperidine rings is 1. The summed E-state index contributed by atoms with van der Waals surface area (Å²) >= 11 is 1.59. The summed E-state index contributed by atoms with van der Waals surface area (Å²) in [7, 11) is 0. The Labute approximate surface area is 151 Å². The Hall–Kier alpha value is -1.76. The second-order valence-electron chi connectivity index (χ2n) is 6.51. The molecule has 0 atom stereocenters. The number of hydrogen-bond donors (Lipinski definition) is 0. The van der Waals surface area contributed by atoms with Crippen molar-refractivity contribution >= 4 is 17.2 Å². The minimum atomic E-state index is -0.0655. The average Bonchev–Trinajstić information content (AvgIpc) is 3.35. The summed E-state index contributed by atoms with van der Waals surface area (Å²) in [4.78, 5) is 19.1. The maximum atomic E-state index is 12.6. The molecular formula is C19H22N2O3S. The Morgan fingerprint density at radius 2 is 1.88 bits per heavy atom.